The van der Waals surface area contributed by atoms with Crippen molar-refractivity contribution in [3.8, 4) is 5.75 Å². The minimum atomic E-state index is -0.647. The Balaban J connectivity index is 1.38. The lowest BCUT2D eigenvalue weighted by Crippen LogP contribution is -2.53. The van der Waals surface area contributed by atoms with Crippen molar-refractivity contribution in [2.24, 2.45) is 0 Å². The first kappa shape index (κ1) is 24.7. The number of rotatable bonds is 8. The zero-order valence-electron chi connectivity index (χ0n) is 20.0. The molecule has 4 rings (SSSR count). The predicted molar refractivity (Wildman–Crippen MR) is 138 cm³/mol. The van der Waals surface area contributed by atoms with Crippen molar-refractivity contribution in [3.63, 3.8) is 0 Å². The molecule has 2 amide bonds. The third-order valence-corrected chi connectivity index (χ3v) is 7.13. The van der Waals surface area contributed by atoms with Gasteiger partial charge in [0.15, 0.2) is 0 Å². The van der Waals surface area contributed by atoms with E-state index in [2.05, 4.69) is 37.6 Å². The molecule has 0 radical (unpaired) electrons. The number of para-hydroxylation sites is 2. The van der Waals surface area contributed by atoms with Gasteiger partial charge in [0.2, 0.25) is 0 Å². The first-order valence-electron chi connectivity index (χ1n) is 11.7. The lowest BCUT2D eigenvalue weighted by molar-refractivity contribution is -0.140. The zero-order valence-corrected chi connectivity index (χ0v) is 20.8. The molecule has 0 aliphatic carbocycles. The Morgan fingerprint density at radius 2 is 1.86 bits per heavy atom. The molecule has 2 unspecified atom stereocenters. The molecule has 2 aromatic heterocycles. The second-order valence-corrected chi connectivity index (χ2v) is 9.44. The lowest BCUT2D eigenvalue weighted by atomic mass is 10.0. The molecule has 0 bridgehead atoms. The Morgan fingerprint density at radius 3 is 2.54 bits per heavy atom. The highest BCUT2D eigenvalue weighted by Crippen LogP contribution is 2.32. The number of nitrogens with one attached hydrogen (secondary N) is 2. The average Bonchev–Trinajstić information content (AvgIpc) is 3.42. The van der Waals surface area contributed by atoms with Gasteiger partial charge in [0.05, 0.1) is 18.8 Å². The molecule has 1 aromatic carbocycles. The van der Waals surface area contributed by atoms with Crippen molar-refractivity contribution in [1.29, 1.82) is 0 Å². The lowest BCUT2D eigenvalue weighted by Gasteiger charge is -2.42. The summed E-state index contributed by atoms with van der Waals surface area (Å²) < 4.78 is 5.54. The van der Waals surface area contributed by atoms with Crippen LogP contribution in [-0.2, 0) is 16.1 Å². The molecule has 8 nitrogen and oxygen atoms in total. The smallest absolute Gasteiger partial charge is 0.309 e. The van der Waals surface area contributed by atoms with Gasteiger partial charge in [-0.1, -0.05) is 24.3 Å². The maximum atomic E-state index is 12.7. The topological polar surface area (TPSA) is 86.8 Å². The van der Waals surface area contributed by atoms with E-state index in [4.69, 9.17) is 4.74 Å². The van der Waals surface area contributed by atoms with Crippen molar-refractivity contribution < 1.29 is 14.3 Å². The van der Waals surface area contributed by atoms with Gasteiger partial charge in [-0.3, -0.25) is 19.5 Å². The number of hydrogen-bond acceptors (Lipinski definition) is 7. The summed E-state index contributed by atoms with van der Waals surface area (Å²) in [5, 5.41) is 7.64. The minimum Gasteiger partial charge on any atom is -0.495 e. The van der Waals surface area contributed by atoms with Gasteiger partial charge in [-0.05, 0) is 42.1 Å². The summed E-state index contributed by atoms with van der Waals surface area (Å²) in [5.74, 6) is -0.407. The number of nitrogens with zero attached hydrogens (tertiary/aromatic N) is 3. The van der Waals surface area contributed by atoms with E-state index < -0.39 is 11.8 Å². The summed E-state index contributed by atoms with van der Waals surface area (Å²) in [6, 6.07) is 15.5. The molecule has 0 saturated carbocycles. The van der Waals surface area contributed by atoms with Crippen molar-refractivity contribution in [2.45, 2.75) is 25.6 Å². The molecule has 0 spiro atoms. The van der Waals surface area contributed by atoms with Crippen LogP contribution in [0.3, 0.4) is 0 Å². The maximum Gasteiger partial charge on any atom is 0.309 e. The summed E-state index contributed by atoms with van der Waals surface area (Å²) in [6.07, 6.45) is 3.33. The third-order valence-electron chi connectivity index (χ3n) is 6.18. The van der Waals surface area contributed by atoms with E-state index >= 15 is 0 Å². The predicted octanol–water partition coefficient (Wildman–Crippen LogP) is 2.84. The number of aromatic nitrogens is 1. The zero-order chi connectivity index (χ0) is 24.6. The summed E-state index contributed by atoms with van der Waals surface area (Å²) in [4.78, 5) is 35.0. The van der Waals surface area contributed by atoms with Crippen molar-refractivity contribution in [2.75, 3.05) is 38.2 Å². The Bertz CT molecular complexity index is 1100. The quantitative estimate of drug-likeness (QED) is 0.470. The van der Waals surface area contributed by atoms with Crippen LogP contribution < -0.4 is 20.3 Å². The first-order chi connectivity index (χ1) is 17.1. The Morgan fingerprint density at radius 1 is 1.06 bits per heavy atom. The fourth-order valence-electron chi connectivity index (χ4n) is 4.45. The van der Waals surface area contributed by atoms with Crippen molar-refractivity contribution >= 4 is 28.8 Å². The highest BCUT2D eigenvalue weighted by molar-refractivity contribution is 7.10. The third kappa shape index (κ3) is 6.17. The summed E-state index contributed by atoms with van der Waals surface area (Å²) in [6.45, 7) is 5.56. The van der Waals surface area contributed by atoms with E-state index in [-0.39, 0.29) is 18.6 Å². The van der Waals surface area contributed by atoms with E-state index in [9.17, 15) is 9.59 Å². The Kier molecular flexibility index (Phi) is 8.33. The van der Waals surface area contributed by atoms with E-state index in [1.54, 1.807) is 36.9 Å². The number of amides is 2. The van der Waals surface area contributed by atoms with Crippen LogP contribution >= 0.6 is 11.3 Å². The summed E-state index contributed by atoms with van der Waals surface area (Å²) in [5.41, 5.74) is 1.93. The average molecular weight is 494 g/mol. The van der Waals surface area contributed by atoms with Gasteiger partial charge in [0, 0.05) is 56.0 Å². The minimum absolute atomic E-state index is 0.0232. The van der Waals surface area contributed by atoms with Gasteiger partial charge in [0.25, 0.3) is 0 Å². The Labute approximate surface area is 209 Å². The fourth-order valence-corrected chi connectivity index (χ4v) is 5.41. The molecule has 184 valence electrons. The van der Waals surface area contributed by atoms with Crippen molar-refractivity contribution in [3.05, 3.63) is 76.7 Å². The van der Waals surface area contributed by atoms with Crippen LogP contribution in [0.1, 0.15) is 23.4 Å². The number of benzene rings is 1. The number of pyridine rings is 1. The van der Waals surface area contributed by atoms with Gasteiger partial charge in [0.1, 0.15) is 5.75 Å². The van der Waals surface area contributed by atoms with Gasteiger partial charge in [-0.2, -0.15) is 0 Å². The van der Waals surface area contributed by atoms with E-state index in [0.717, 1.165) is 43.2 Å². The standard InChI is InChI=1S/C26H31N5O3S/c1-19(29-26(33)25(32)28-18-20-7-5-11-27-17-20)24(23-10-6-16-35-23)31-14-12-30(13-15-31)21-8-3-4-9-22(21)34-2/h3-11,16-17,19,24H,12-15,18H2,1-2H3,(H,28,32)(H,29,33). The SMILES string of the molecule is COc1ccccc1N1CCN(C(c2cccs2)C(C)NC(=O)C(=O)NCc2cccnc2)CC1. The van der Waals surface area contributed by atoms with Gasteiger partial charge >= 0.3 is 11.8 Å². The molecule has 3 aromatic rings. The van der Waals surface area contributed by atoms with Gasteiger partial charge in [-0.15, -0.1) is 11.3 Å². The van der Waals surface area contributed by atoms with Crippen LogP contribution in [0.5, 0.6) is 5.75 Å². The van der Waals surface area contributed by atoms with Crippen LogP contribution in [0.15, 0.2) is 66.3 Å². The number of thiophene rings is 1. The molecule has 2 N–H and O–H groups in total. The highest BCUT2D eigenvalue weighted by Gasteiger charge is 2.32. The van der Waals surface area contributed by atoms with Crippen LogP contribution in [0.25, 0.3) is 0 Å². The van der Waals surface area contributed by atoms with Crippen molar-refractivity contribution in [1.82, 2.24) is 20.5 Å². The van der Waals surface area contributed by atoms with Gasteiger partial charge in [-0.25, -0.2) is 0 Å². The van der Waals surface area contributed by atoms with Crippen LogP contribution in [0.4, 0.5) is 5.69 Å². The van der Waals surface area contributed by atoms with Crippen LogP contribution in [0, 0.1) is 0 Å². The van der Waals surface area contributed by atoms with E-state index in [0.29, 0.717) is 0 Å². The molecular formula is C26H31N5O3S. The molecule has 1 aliphatic rings. The normalized spacial score (nSPS) is 15.8. The fraction of sp³-hybridized carbons (Fsp3) is 0.346. The largest absolute Gasteiger partial charge is 0.495 e. The number of carbonyl (C=O) groups excluding carboxylic acids is 2. The molecule has 9 heteroatoms. The summed E-state index contributed by atoms with van der Waals surface area (Å²) >= 11 is 1.67. The van der Waals surface area contributed by atoms with E-state index in [1.807, 2.05) is 42.6 Å². The number of hydrogen-bond donors (Lipinski definition) is 2. The molecular weight excluding hydrogens is 462 g/mol. The van der Waals surface area contributed by atoms with Gasteiger partial charge < -0.3 is 20.3 Å². The monoisotopic (exact) mass is 493 g/mol. The number of ether oxygens (including phenoxy) is 1. The molecule has 35 heavy (non-hydrogen) atoms. The molecule has 3 heterocycles. The number of anilines is 1. The summed E-state index contributed by atoms with van der Waals surface area (Å²) in [7, 11) is 1.69. The maximum absolute atomic E-state index is 12.7. The molecule has 2 atom stereocenters. The second-order valence-electron chi connectivity index (χ2n) is 8.46. The first-order valence-corrected chi connectivity index (χ1v) is 12.6. The molecule has 1 aliphatic heterocycles. The number of carbonyl (C=O) groups is 2. The van der Waals surface area contributed by atoms with Crippen LogP contribution in [-0.4, -0.2) is 61.0 Å². The molecule has 1 saturated heterocycles. The molecule has 1 fully saturated rings. The van der Waals surface area contributed by atoms with E-state index in [1.165, 1.54) is 4.88 Å². The number of methoxy groups -OCH3 is 1. The highest BCUT2D eigenvalue weighted by atomic mass is 32.1. The second kappa shape index (κ2) is 11.8. The van der Waals surface area contributed by atoms with Crippen LogP contribution in [0.2, 0.25) is 0 Å². The Hall–Kier alpha value is -3.43. The number of piperazine rings is 1.